The molecule has 1 unspecified atom stereocenters. The molecule has 120 valence electrons. The van der Waals surface area contributed by atoms with Crippen molar-refractivity contribution in [3.63, 3.8) is 0 Å². The van der Waals surface area contributed by atoms with Crippen LogP contribution in [0.25, 0.3) is 0 Å². The van der Waals surface area contributed by atoms with Crippen molar-refractivity contribution in [2.24, 2.45) is 0 Å². The van der Waals surface area contributed by atoms with Crippen molar-refractivity contribution in [1.82, 2.24) is 0 Å². The lowest BCUT2D eigenvalue weighted by molar-refractivity contribution is 0.321. The molecule has 0 heterocycles. The number of alkyl halides is 1. The molecule has 5 nitrogen and oxygen atoms in total. The highest BCUT2D eigenvalue weighted by Gasteiger charge is 2.41. The van der Waals surface area contributed by atoms with E-state index in [1.54, 1.807) is 26.0 Å². The number of hydrogen-bond donors (Lipinski definition) is 0. The van der Waals surface area contributed by atoms with Crippen LogP contribution in [0.15, 0.2) is 12.1 Å². The Kier molecular flexibility index (Phi) is 5.39. The molecule has 1 rings (SSSR count). The molecule has 0 aromatic heterocycles. The summed E-state index contributed by atoms with van der Waals surface area (Å²) in [6.45, 7) is 3.16. The van der Waals surface area contributed by atoms with E-state index < -0.39 is 20.0 Å². The lowest BCUT2D eigenvalue weighted by Gasteiger charge is -2.30. The predicted octanol–water partition coefficient (Wildman–Crippen LogP) is 2.82. The van der Waals surface area contributed by atoms with Crippen LogP contribution in [0.5, 0.6) is 17.2 Å². The monoisotopic (exact) mass is 336 g/mol. The quantitative estimate of drug-likeness (QED) is 0.747. The second kappa shape index (κ2) is 6.32. The number of halogens is 1. The predicted molar refractivity (Wildman–Crippen MR) is 83.6 cm³/mol. The highest BCUT2D eigenvalue weighted by atomic mass is 35.5. The van der Waals surface area contributed by atoms with Crippen LogP contribution in [0.3, 0.4) is 0 Å². The van der Waals surface area contributed by atoms with Crippen molar-refractivity contribution in [3.8, 4) is 17.2 Å². The van der Waals surface area contributed by atoms with Crippen LogP contribution in [-0.2, 0) is 9.84 Å². The molecule has 0 amide bonds. The molecule has 0 aliphatic heterocycles. The van der Waals surface area contributed by atoms with Gasteiger partial charge in [-0.25, -0.2) is 8.42 Å². The van der Waals surface area contributed by atoms with Crippen molar-refractivity contribution >= 4 is 21.4 Å². The van der Waals surface area contributed by atoms with E-state index in [1.165, 1.54) is 21.3 Å². The standard InChI is InChI=1S/C14H21ClO5S/c1-14(2,21(6,16)17)13(15)9-7-8-10(18-3)12(20-5)11(9)19-4/h7-8,13H,1-6H3. The van der Waals surface area contributed by atoms with Crippen LogP contribution in [0.1, 0.15) is 24.8 Å². The van der Waals surface area contributed by atoms with Crippen LogP contribution in [-0.4, -0.2) is 40.7 Å². The summed E-state index contributed by atoms with van der Waals surface area (Å²) in [7, 11) is 1.09. The Hall–Kier alpha value is -1.14. The average molecular weight is 337 g/mol. The zero-order chi connectivity index (χ0) is 16.4. The first-order valence-corrected chi connectivity index (χ1v) is 8.57. The molecule has 0 saturated carbocycles. The van der Waals surface area contributed by atoms with Crippen molar-refractivity contribution in [1.29, 1.82) is 0 Å². The van der Waals surface area contributed by atoms with Crippen LogP contribution in [0.2, 0.25) is 0 Å². The van der Waals surface area contributed by atoms with Crippen LogP contribution >= 0.6 is 11.6 Å². The van der Waals surface area contributed by atoms with Crippen molar-refractivity contribution in [3.05, 3.63) is 17.7 Å². The average Bonchev–Trinajstić information content (AvgIpc) is 2.43. The number of sulfone groups is 1. The maximum Gasteiger partial charge on any atom is 0.203 e. The van der Waals surface area contributed by atoms with Gasteiger partial charge in [0.05, 0.1) is 31.5 Å². The molecule has 0 spiro atoms. The number of hydrogen-bond acceptors (Lipinski definition) is 5. The molecule has 1 aromatic carbocycles. The summed E-state index contributed by atoms with van der Waals surface area (Å²) < 4.78 is 38.6. The zero-order valence-corrected chi connectivity index (χ0v) is 14.6. The fourth-order valence-electron chi connectivity index (χ4n) is 1.89. The molecule has 0 saturated heterocycles. The van der Waals surface area contributed by atoms with E-state index in [1.807, 2.05) is 0 Å². The van der Waals surface area contributed by atoms with E-state index in [0.717, 1.165) is 6.26 Å². The topological polar surface area (TPSA) is 61.8 Å². The third-order valence-electron chi connectivity index (χ3n) is 3.57. The fourth-order valence-corrected chi connectivity index (χ4v) is 3.05. The van der Waals surface area contributed by atoms with E-state index in [-0.39, 0.29) is 0 Å². The molecule has 7 heteroatoms. The lowest BCUT2D eigenvalue weighted by atomic mass is 9.99. The Balaban J connectivity index is 3.51. The zero-order valence-electron chi connectivity index (χ0n) is 13.1. The van der Waals surface area contributed by atoms with Gasteiger partial charge >= 0.3 is 0 Å². The summed E-state index contributed by atoms with van der Waals surface area (Å²) in [5.74, 6) is 1.24. The first-order valence-electron chi connectivity index (χ1n) is 6.24. The van der Waals surface area contributed by atoms with E-state index in [2.05, 4.69) is 0 Å². The Bertz CT molecular complexity index is 610. The highest BCUT2D eigenvalue weighted by molar-refractivity contribution is 7.92. The summed E-state index contributed by atoms with van der Waals surface area (Å²) in [6, 6.07) is 3.36. The minimum absolute atomic E-state index is 0.369. The van der Waals surface area contributed by atoms with Crippen LogP contribution in [0.4, 0.5) is 0 Å². The fraction of sp³-hybridized carbons (Fsp3) is 0.571. The van der Waals surface area contributed by atoms with E-state index in [4.69, 9.17) is 25.8 Å². The molecule has 0 fully saturated rings. The van der Waals surface area contributed by atoms with E-state index in [9.17, 15) is 8.42 Å². The summed E-state index contributed by atoms with van der Waals surface area (Å²) in [4.78, 5) is 0. The van der Waals surface area contributed by atoms with Gasteiger partial charge in [-0.2, -0.15) is 0 Å². The Morgan fingerprint density at radius 1 is 1.05 bits per heavy atom. The highest BCUT2D eigenvalue weighted by Crippen LogP contribution is 2.48. The van der Waals surface area contributed by atoms with Gasteiger partial charge < -0.3 is 14.2 Å². The Morgan fingerprint density at radius 2 is 1.57 bits per heavy atom. The summed E-state index contributed by atoms with van der Waals surface area (Å²) >= 11 is 6.44. The number of ether oxygens (including phenoxy) is 3. The molecular formula is C14H21ClO5S. The molecule has 1 aromatic rings. The first-order chi connectivity index (χ1) is 9.61. The lowest BCUT2D eigenvalue weighted by Crippen LogP contribution is -2.35. The summed E-state index contributed by atoms with van der Waals surface area (Å²) in [6.07, 6.45) is 1.16. The molecular weight excluding hydrogens is 316 g/mol. The van der Waals surface area contributed by atoms with Gasteiger partial charge in [0, 0.05) is 11.8 Å². The largest absolute Gasteiger partial charge is 0.493 e. The maximum atomic E-state index is 12.0. The van der Waals surface area contributed by atoms with Crippen LogP contribution < -0.4 is 14.2 Å². The third-order valence-corrected chi connectivity index (χ3v) is 6.63. The van der Waals surface area contributed by atoms with Gasteiger partial charge in [-0.1, -0.05) is 0 Å². The van der Waals surface area contributed by atoms with Crippen molar-refractivity contribution < 1.29 is 22.6 Å². The second-order valence-electron chi connectivity index (χ2n) is 5.16. The number of methoxy groups -OCH3 is 3. The molecule has 0 N–H and O–H groups in total. The van der Waals surface area contributed by atoms with Gasteiger partial charge in [0.2, 0.25) is 5.75 Å². The SMILES string of the molecule is COc1ccc(C(Cl)C(C)(C)S(C)(=O)=O)c(OC)c1OC. The molecule has 1 atom stereocenters. The number of rotatable bonds is 6. The molecule has 0 aliphatic rings. The number of benzene rings is 1. The van der Waals surface area contributed by atoms with Gasteiger partial charge in [0.25, 0.3) is 0 Å². The first kappa shape index (κ1) is 17.9. The minimum atomic E-state index is -3.37. The smallest absolute Gasteiger partial charge is 0.203 e. The van der Waals surface area contributed by atoms with E-state index >= 15 is 0 Å². The van der Waals surface area contributed by atoms with Crippen molar-refractivity contribution in [2.45, 2.75) is 24.0 Å². The third kappa shape index (κ3) is 3.21. The van der Waals surface area contributed by atoms with Crippen LogP contribution in [0, 0.1) is 0 Å². The van der Waals surface area contributed by atoms with Gasteiger partial charge in [-0.15, -0.1) is 11.6 Å². The Labute approximate surface area is 131 Å². The molecule has 21 heavy (non-hydrogen) atoms. The van der Waals surface area contributed by atoms with Gasteiger partial charge in [0.1, 0.15) is 0 Å². The normalized spacial score (nSPS) is 13.7. The van der Waals surface area contributed by atoms with Gasteiger partial charge in [-0.3, -0.25) is 0 Å². The van der Waals surface area contributed by atoms with E-state index in [0.29, 0.717) is 22.8 Å². The maximum absolute atomic E-state index is 12.0. The minimum Gasteiger partial charge on any atom is -0.493 e. The molecule has 0 aliphatic carbocycles. The molecule has 0 bridgehead atoms. The van der Waals surface area contributed by atoms with Gasteiger partial charge in [0.15, 0.2) is 21.3 Å². The van der Waals surface area contributed by atoms with Gasteiger partial charge in [-0.05, 0) is 26.0 Å². The summed E-state index contributed by atoms with van der Waals surface area (Å²) in [5, 5.41) is -0.803. The second-order valence-corrected chi connectivity index (χ2v) is 8.19. The summed E-state index contributed by atoms with van der Waals surface area (Å²) in [5.41, 5.74) is 0.534. The Morgan fingerprint density at radius 3 is 1.95 bits per heavy atom. The van der Waals surface area contributed by atoms with Crippen molar-refractivity contribution in [2.75, 3.05) is 27.6 Å². The molecule has 0 radical (unpaired) electrons.